The van der Waals surface area contributed by atoms with Crippen LogP contribution in [0.1, 0.15) is 12.8 Å². The molecule has 0 spiro atoms. The van der Waals surface area contributed by atoms with Gasteiger partial charge in [0.15, 0.2) is 0 Å². The minimum atomic E-state index is -1.06. The normalized spacial score (nSPS) is 13.2. The lowest BCUT2D eigenvalue weighted by Gasteiger charge is -2.14. The predicted molar refractivity (Wildman–Crippen MR) is 77.7 cm³/mol. The summed E-state index contributed by atoms with van der Waals surface area (Å²) in [5, 5.41) is 24.9. The van der Waals surface area contributed by atoms with E-state index in [0.717, 1.165) is 11.5 Å². The van der Waals surface area contributed by atoms with Crippen LogP contribution >= 0.6 is 11.8 Å². The third-order valence-electron chi connectivity index (χ3n) is 2.42. The Morgan fingerprint density at radius 1 is 1.45 bits per heavy atom. The molecule has 2 amide bonds. The molecule has 0 fully saturated rings. The Kier molecular flexibility index (Phi) is 11.2. The number of rotatable bonds is 8. The first-order valence-electron chi connectivity index (χ1n) is 6.22. The van der Waals surface area contributed by atoms with E-state index in [2.05, 4.69) is 26.1 Å². The van der Waals surface area contributed by atoms with Crippen LogP contribution in [0, 0.1) is 0 Å². The van der Waals surface area contributed by atoms with E-state index in [9.17, 15) is 9.59 Å². The SMILES string of the molecule is CSCCNC(=O)N[C@@H](CCC1=NN=NC1)C(=O)O.O=C=O. The number of carbonyl (C=O) groups is 2. The van der Waals surface area contributed by atoms with E-state index in [-0.39, 0.29) is 12.6 Å². The molecule has 22 heavy (non-hydrogen) atoms. The summed E-state index contributed by atoms with van der Waals surface area (Å²) in [6.45, 7) is 0.913. The van der Waals surface area contributed by atoms with Crippen molar-refractivity contribution in [2.24, 2.45) is 15.4 Å². The summed E-state index contributed by atoms with van der Waals surface area (Å²) in [4.78, 5) is 38.8. The number of hydrogen-bond donors (Lipinski definition) is 3. The molecule has 1 heterocycles. The lowest BCUT2D eigenvalue weighted by molar-refractivity contribution is -0.191. The number of carbonyl (C=O) groups excluding carboxylic acids is 3. The van der Waals surface area contributed by atoms with Crippen molar-refractivity contribution < 1.29 is 24.3 Å². The summed E-state index contributed by atoms with van der Waals surface area (Å²) in [6.07, 6.45) is 2.91. The highest BCUT2D eigenvalue weighted by atomic mass is 32.2. The fraction of sp³-hybridized carbons (Fsp3) is 0.636. The van der Waals surface area contributed by atoms with Gasteiger partial charge in [0, 0.05) is 12.3 Å². The van der Waals surface area contributed by atoms with Gasteiger partial charge in [-0.2, -0.15) is 26.5 Å². The van der Waals surface area contributed by atoms with Crippen LogP contribution in [-0.4, -0.2) is 60.1 Å². The second-order valence-electron chi connectivity index (χ2n) is 3.96. The second kappa shape index (κ2) is 12.5. The molecule has 0 aromatic carbocycles. The van der Waals surface area contributed by atoms with Crippen molar-refractivity contribution in [3.63, 3.8) is 0 Å². The number of hydrogen-bond acceptors (Lipinski definition) is 8. The highest BCUT2D eigenvalue weighted by Gasteiger charge is 2.20. The molecule has 1 atom stereocenters. The van der Waals surface area contributed by atoms with Crippen LogP contribution in [0.25, 0.3) is 0 Å². The number of aliphatic carboxylic acids is 1. The molecule has 0 saturated carbocycles. The fourth-order valence-electron chi connectivity index (χ4n) is 1.41. The lowest BCUT2D eigenvalue weighted by atomic mass is 10.1. The van der Waals surface area contributed by atoms with Gasteiger partial charge in [0.1, 0.15) is 12.6 Å². The molecule has 0 unspecified atom stereocenters. The summed E-state index contributed by atoms with van der Waals surface area (Å²) in [5.41, 5.74) is 0.732. The molecule has 0 aromatic rings. The zero-order valence-electron chi connectivity index (χ0n) is 11.9. The Morgan fingerprint density at radius 3 is 2.64 bits per heavy atom. The molecule has 1 aliphatic heterocycles. The minimum absolute atomic E-state index is 0.250. The van der Waals surface area contributed by atoms with E-state index in [0.29, 0.717) is 19.5 Å². The highest BCUT2D eigenvalue weighted by molar-refractivity contribution is 7.98. The molecule has 0 bridgehead atoms. The monoisotopic (exact) mass is 331 g/mol. The molecule has 10 nitrogen and oxygen atoms in total. The Balaban J connectivity index is 0.00000135. The van der Waals surface area contributed by atoms with Crippen molar-refractivity contribution >= 4 is 35.6 Å². The molecule has 0 saturated heterocycles. The zero-order chi connectivity index (χ0) is 16.8. The van der Waals surface area contributed by atoms with Crippen molar-refractivity contribution in [1.29, 1.82) is 0 Å². The van der Waals surface area contributed by atoms with Crippen LogP contribution in [0.4, 0.5) is 4.79 Å². The van der Waals surface area contributed by atoms with Crippen LogP contribution in [0.5, 0.6) is 0 Å². The number of nitrogens with one attached hydrogen (secondary N) is 2. The van der Waals surface area contributed by atoms with Gasteiger partial charge in [0.05, 0.1) is 5.71 Å². The zero-order valence-corrected chi connectivity index (χ0v) is 12.8. The average molecular weight is 331 g/mol. The number of amides is 2. The molecule has 122 valence electrons. The molecule has 0 aromatic heterocycles. The standard InChI is InChI=1S/C10H17N5O3S.CO2/c1-19-5-4-11-10(18)13-8(9(16)17)3-2-7-6-12-15-14-7;2-1-3/h8H,2-6H2,1H3,(H,16,17)(H2,11,13,18);/t8-;/m0./s1. The van der Waals surface area contributed by atoms with Crippen LogP contribution in [0.3, 0.4) is 0 Å². The lowest BCUT2D eigenvalue weighted by Crippen LogP contribution is -2.46. The molecule has 1 aliphatic rings. The van der Waals surface area contributed by atoms with E-state index < -0.39 is 18.0 Å². The van der Waals surface area contributed by atoms with Gasteiger partial charge in [-0.3, -0.25) is 0 Å². The summed E-state index contributed by atoms with van der Waals surface area (Å²) >= 11 is 1.60. The van der Waals surface area contributed by atoms with Crippen LogP contribution < -0.4 is 10.6 Å². The van der Waals surface area contributed by atoms with E-state index in [1.807, 2.05) is 6.26 Å². The number of carboxylic acid groups (broad SMARTS) is 1. The van der Waals surface area contributed by atoms with Crippen molar-refractivity contribution in [2.75, 3.05) is 25.1 Å². The molecular weight excluding hydrogens is 314 g/mol. The largest absolute Gasteiger partial charge is 0.480 e. The van der Waals surface area contributed by atoms with Crippen molar-refractivity contribution in [3.8, 4) is 0 Å². The summed E-state index contributed by atoms with van der Waals surface area (Å²) in [7, 11) is 0. The van der Waals surface area contributed by atoms with Gasteiger partial charge in [-0.1, -0.05) is 0 Å². The minimum Gasteiger partial charge on any atom is -0.480 e. The maximum atomic E-state index is 11.5. The van der Waals surface area contributed by atoms with Crippen molar-refractivity contribution in [2.45, 2.75) is 18.9 Å². The number of thioether (sulfide) groups is 1. The van der Waals surface area contributed by atoms with E-state index >= 15 is 0 Å². The summed E-state index contributed by atoms with van der Waals surface area (Å²) in [6, 6.07) is -1.40. The van der Waals surface area contributed by atoms with Crippen molar-refractivity contribution in [3.05, 3.63) is 0 Å². The van der Waals surface area contributed by atoms with Gasteiger partial charge in [-0.05, 0) is 24.3 Å². The van der Waals surface area contributed by atoms with Crippen molar-refractivity contribution in [1.82, 2.24) is 10.6 Å². The molecular formula is C11H17N5O5S. The first-order chi connectivity index (χ1) is 10.5. The van der Waals surface area contributed by atoms with E-state index in [1.165, 1.54) is 0 Å². The molecule has 0 aliphatic carbocycles. The number of urea groups is 1. The Bertz CT molecular complexity index is 462. The van der Waals surface area contributed by atoms with Crippen LogP contribution in [0.15, 0.2) is 15.4 Å². The van der Waals surface area contributed by atoms with Crippen LogP contribution in [-0.2, 0) is 14.4 Å². The predicted octanol–water partition coefficient (Wildman–Crippen LogP) is 0.120. The summed E-state index contributed by atoms with van der Waals surface area (Å²) < 4.78 is 0. The third kappa shape index (κ3) is 9.61. The molecule has 1 rings (SSSR count). The maximum Gasteiger partial charge on any atom is 0.373 e. The first-order valence-corrected chi connectivity index (χ1v) is 7.62. The van der Waals surface area contributed by atoms with Gasteiger partial charge >= 0.3 is 18.2 Å². The quantitative estimate of drug-likeness (QED) is 0.538. The maximum absolute atomic E-state index is 11.5. The Labute approximate surface area is 130 Å². The van der Waals surface area contributed by atoms with Gasteiger partial charge < -0.3 is 15.7 Å². The van der Waals surface area contributed by atoms with Gasteiger partial charge in [0.2, 0.25) is 0 Å². The van der Waals surface area contributed by atoms with E-state index in [4.69, 9.17) is 14.7 Å². The first kappa shape index (κ1) is 19.7. The average Bonchev–Trinajstić information content (AvgIpc) is 2.97. The molecule has 11 heteroatoms. The van der Waals surface area contributed by atoms with E-state index in [1.54, 1.807) is 11.8 Å². The highest BCUT2D eigenvalue weighted by Crippen LogP contribution is 2.05. The Morgan fingerprint density at radius 2 is 2.14 bits per heavy atom. The summed E-state index contributed by atoms with van der Waals surface area (Å²) in [5.74, 6) is -0.280. The molecule has 0 radical (unpaired) electrons. The van der Waals surface area contributed by atoms with Crippen LogP contribution in [0.2, 0.25) is 0 Å². The van der Waals surface area contributed by atoms with Gasteiger partial charge in [0.25, 0.3) is 0 Å². The number of carboxylic acids is 1. The third-order valence-corrected chi connectivity index (χ3v) is 3.03. The topological polar surface area (TPSA) is 150 Å². The second-order valence-corrected chi connectivity index (χ2v) is 4.95. The fourth-order valence-corrected chi connectivity index (χ4v) is 1.72. The Hall–Kier alpha value is -2.26. The number of nitrogens with zero attached hydrogens (tertiary/aromatic N) is 3. The molecule has 3 N–H and O–H groups in total. The van der Waals surface area contributed by atoms with Gasteiger partial charge in [-0.15, -0.1) is 5.10 Å². The van der Waals surface area contributed by atoms with Gasteiger partial charge in [-0.25, -0.2) is 9.59 Å². The smallest absolute Gasteiger partial charge is 0.373 e.